The summed E-state index contributed by atoms with van der Waals surface area (Å²) >= 11 is 0. The van der Waals surface area contributed by atoms with Crippen LogP contribution in [-0.2, 0) is 16.1 Å². The molecule has 0 aliphatic heterocycles. The molecule has 3 rings (SSSR count). The zero-order valence-electron chi connectivity index (χ0n) is 20.8. The maximum Gasteiger partial charge on any atom is 0.308 e. The van der Waals surface area contributed by atoms with E-state index in [1.54, 1.807) is 45.2 Å². The number of rotatable bonds is 6. The molecule has 2 aromatic rings. The first-order chi connectivity index (χ1) is 16.6. The number of hydrazone groups is 1. The van der Waals surface area contributed by atoms with E-state index >= 15 is 0 Å². The van der Waals surface area contributed by atoms with E-state index in [2.05, 4.69) is 20.1 Å². The Morgan fingerprint density at radius 1 is 1.20 bits per heavy atom. The van der Waals surface area contributed by atoms with E-state index in [-0.39, 0.29) is 41.7 Å². The van der Waals surface area contributed by atoms with Crippen LogP contribution in [0.3, 0.4) is 0 Å². The SMILES string of the molecule is COC(=O)C1CCCCC1.Cc1cc(/C(N)=N/N(C)N)cc(C(=O)NCc2ccc(F)c(C)c2)n1. The lowest BCUT2D eigenvalue weighted by Gasteiger charge is -2.18. The molecular formula is C25H35FN6O3. The second-order valence-corrected chi connectivity index (χ2v) is 8.57. The molecule has 10 heteroatoms. The number of amidine groups is 1. The molecule has 1 saturated carbocycles. The number of aromatic nitrogens is 1. The van der Waals surface area contributed by atoms with Crippen molar-refractivity contribution in [1.29, 1.82) is 0 Å². The van der Waals surface area contributed by atoms with Gasteiger partial charge in [0.2, 0.25) is 0 Å². The Morgan fingerprint density at radius 2 is 1.89 bits per heavy atom. The second-order valence-electron chi connectivity index (χ2n) is 8.57. The average molecular weight is 487 g/mol. The van der Waals surface area contributed by atoms with Gasteiger partial charge in [0.05, 0.1) is 13.0 Å². The van der Waals surface area contributed by atoms with Gasteiger partial charge in [-0.15, -0.1) is 5.10 Å². The fraction of sp³-hybridized carbons (Fsp3) is 0.440. The number of carbonyl (C=O) groups excluding carboxylic acids is 2. The molecule has 0 radical (unpaired) electrons. The fourth-order valence-electron chi connectivity index (χ4n) is 3.76. The minimum absolute atomic E-state index is 0.0142. The second kappa shape index (κ2) is 13.4. The molecule has 1 aliphatic carbocycles. The summed E-state index contributed by atoms with van der Waals surface area (Å²) in [5.41, 5.74) is 8.57. The third-order valence-corrected chi connectivity index (χ3v) is 5.56. The Morgan fingerprint density at radius 3 is 2.49 bits per heavy atom. The Kier molecular flexibility index (Phi) is 10.6. The Balaban J connectivity index is 0.000000360. The van der Waals surface area contributed by atoms with Crippen molar-refractivity contribution in [2.45, 2.75) is 52.5 Å². The van der Waals surface area contributed by atoms with Crippen LogP contribution >= 0.6 is 0 Å². The van der Waals surface area contributed by atoms with Crippen LogP contribution in [0.2, 0.25) is 0 Å². The van der Waals surface area contributed by atoms with Crippen LogP contribution in [0.15, 0.2) is 35.4 Å². The quantitative estimate of drug-likeness (QED) is 0.188. The van der Waals surface area contributed by atoms with Crippen LogP contribution in [0.25, 0.3) is 0 Å². The molecule has 1 heterocycles. The van der Waals surface area contributed by atoms with E-state index in [4.69, 9.17) is 11.6 Å². The van der Waals surface area contributed by atoms with Crippen molar-refractivity contribution in [1.82, 2.24) is 15.4 Å². The molecule has 190 valence electrons. The number of halogens is 1. The highest BCUT2D eigenvalue weighted by atomic mass is 19.1. The molecule has 9 nitrogen and oxygen atoms in total. The fourth-order valence-corrected chi connectivity index (χ4v) is 3.76. The number of hydrogen-bond acceptors (Lipinski definition) is 7. The number of nitrogens with one attached hydrogen (secondary N) is 1. The number of nitrogens with two attached hydrogens (primary N) is 2. The van der Waals surface area contributed by atoms with Gasteiger partial charge in [0, 0.05) is 24.8 Å². The van der Waals surface area contributed by atoms with Crippen LogP contribution in [0.1, 0.15) is 65.0 Å². The molecule has 1 amide bonds. The van der Waals surface area contributed by atoms with Gasteiger partial charge in [0.25, 0.3) is 5.91 Å². The number of methoxy groups -OCH3 is 1. The van der Waals surface area contributed by atoms with Gasteiger partial charge in [0.15, 0.2) is 5.84 Å². The predicted octanol–water partition coefficient (Wildman–Crippen LogP) is 2.93. The first-order valence-electron chi connectivity index (χ1n) is 11.5. The molecule has 0 unspecified atom stereocenters. The Labute approximate surface area is 205 Å². The first-order valence-corrected chi connectivity index (χ1v) is 11.5. The van der Waals surface area contributed by atoms with Crippen LogP contribution in [0.5, 0.6) is 0 Å². The van der Waals surface area contributed by atoms with E-state index in [1.165, 1.54) is 32.4 Å². The third-order valence-electron chi connectivity index (χ3n) is 5.56. The number of carbonyl (C=O) groups is 2. The van der Waals surface area contributed by atoms with E-state index in [0.29, 0.717) is 16.8 Å². The number of nitrogens with zero attached hydrogens (tertiary/aromatic N) is 3. The number of aryl methyl sites for hydroxylation is 2. The number of benzene rings is 1. The average Bonchev–Trinajstić information content (AvgIpc) is 2.84. The van der Waals surface area contributed by atoms with Crippen molar-refractivity contribution in [2.24, 2.45) is 22.6 Å². The molecule has 1 aromatic heterocycles. The molecule has 0 saturated heterocycles. The lowest BCUT2D eigenvalue weighted by molar-refractivity contribution is -0.146. The molecule has 5 N–H and O–H groups in total. The van der Waals surface area contributed by atoms with Gasteiger partial charge in [-0.25, -0.2) is 20.3 Å². The predicted molar refractivity (Wildman–Crippen MR) is 133 cm³/mol. The smallest absolute Gasteiger partial charge is 0.308 e. The molecule has 0 bridgehead atoms. The Hall–Kier alpha value is -3.53. The van der Waals surface area contributed by atoms with Crippen molar-refractivity contribution in [3.63, 3.8) is 0 Å². The van der Waals surface area contributed by atoms with Gasteiger partial charge in [-0.1, -0.05) is 31.4 Å². The first kappa shape index (κ1) is 27.7. The zero-order valence-corrected chi connectivity index (χ0v) is 20.8. The van der Waals surface area contributed by atoms with E-state index in [0.717, 1.165) is 23.5 Å². The maximum atomic E-state index is 13.3. The molecular weight excluding hydrogens is 451 g/mol. The minimum atomic E-state index is -0.360. The third kappa shape index (κ3) is 8.97. The zero-order chi connectivity index (χ0) is 26.0. The van der Waals surface area contributed by atoms with Gasteiger partial charge in [-0.3, -0.25) is 9.59 Å². The maximum absolute atomic E-state index is 13.3. The van der Waals surface area contributed by atoms with Crippen molar-refractivity contribution >= 4 is 17.7 Å². The summed E-state index contributed by atoms with van der Waals surface area (Å²) in [6, 6.07) is 7.94. The van der Waals surface area contributed by atoms with Crippen LogP contribution in [0.4, 0.5) is 4.39 Å². The summed E-state index contributed by atoms with van der Waals surface area (Å²) in [5.74, 6) is 5.18. The van der Waals surface area contributed by atoms with Crippen LogP contribution in [0, 0.1) is 25.6 Å². The molecule has 35 heavy (non-hydrogen) atoms. The number of ether oxygens (including phenoxy) is 1. The molecule has 1 aliphatic rings. The number of pyridine rings is 1. The van der Waals surface area contributed by atoms with Gasteiger partial charge in [-0.2, -0.15) is 0 Å². The molecule has 1 fully saturated rings. The van der Waals surface area contributed by atoms with Gasteiger partial charge >= 0.3 is 5.97 Å². The molecule has 0 spiro atoms. The largest absolute Gasteiger partial charge is 0.469 e. The van der Waals surface area contributed by atoms with Crippen molar-refractivity contribution in [3.8, 4) is 0 Å². The molecule has 0 atom stereocenters. The monoisotopic (exact) mass is 486 g/mol. The summed E-state index contributed by atoms with van der Waals surface area (Å²) in [4.78, 5) is 27.5. The Bertz CT molecular complexity index is 1050. The van der Waals surface area contributed by atoms with E-state index in [1.807, 2.05) is 0 Å². The highest BCUT2D eigenvalue weighted by molar-refractivity contribution is 6.00. The standard InChI is InChI=1S/C17H21FN6O.C8H14O2/c1-10-6-12(4-5-14(10)18)9-21-17(25)15-8-13(7-11(2)22-15)16(19)23-24(3)20;1-10-8(9)7-5-3-2-4-6-7/h4-8H,9,20H2,1-3H3,(H2,19,23)(H,21,25);7H,2-6H2,1H3. The highest BCUT2D eigenvalue weighted by Crippen LogP contribution is 2.24. The van der Waals surface area contributed by atoms with Crippen molar-refractivity contribution in [2.75, 3.05) is 14.2 Å². The molecule has 1 aromatic carbocycles. The van der Waals surface area contributed by atoms with Crippen molar-refractivity contribution in [3.05, 3.63) is 64.2 Å². The number of amides is 1. The summed E-state index contributed by atoms with van der Waals surface area (Å²) in [6.07, 6.45) is 5.74. The van der Waals surface area contributed by atoms with E-state index < -0.39 is 0 Å². The van der Waals surface area contributed by atoms with Crippen LogP contribution in [-0.4, -0.2) is 42.0 Å². The summed E-state index contributed by atoms with van der Waals surface area (Å²) < 4.78 is 17.9. The van der Waals surface area contributed by atoms with Crippen molar-refractivity contribution < 1.29 is 18.7 Å². The number of hydrogen-bond donors (Lipinski definition) is 3. The summed E-state index contributed by atoms with van der Waals surface area (Å²) in [6.45, 7) is 3.69. The summed E-state index contributed by atoms with van der Waals surface area (Å²) in [7, 11) is 3.01. The lowest BCUT2D eigenvalue weighted by atomic mass is 9.89. The highest BCUT2D eigenvalue weighted by Gasteiger charge is 2.21. The van der Waals surface area contributed by atoms with Gasteiger partial charge < -0.3 is 15.8 Å². The number of esters is 1. The summed E-state index contributed by atoms with van der Waals surface area (Å²) in [5, 5.41) is 7.75. The number of hydrazine groups is 1. The minimum Gasteiger partial charge on any atom is -0.469 e. The van der Waals surface area contributed by atoms with Gasteiger partial charge in [-0.05, 0) is 56.0 Å². The normalized spacial score (nSPS) is 13.9. The lowest BCUT2D eigenvalue weighted by Crippen LogP contribution is -2.27. The topological polar surface area (TPSA) is 136 Å². The van der Waals surface area contributed by atoms with Gasteiger partial charge in [0.1, 0.15) is 11.5 Å². The van der Waals surface area contributed by atoms with Crippen LogP contribution < -0.4 is 16.9 Å². The van der Waals surface area contributed by atoms with E-state index in [9.17, 15) is 14.0 Å².